The van der Waals surface area contributed by atoms with Crippen molar-refractivity contribution in [3.63, 3.8) is 0 Å². The maximum atomic E-state index is 10.9. The van der Waals surface area contributed by atoms with E-state index in [4.69, 9.17) is 0 Å². The first-order valence-electron chi connectivity index (χ1n) is 13.3. The van der Waals surface area contributed by atoms with Crippen LogP contribution in [0.25, 0.3) is 0 Å². The van der Waals surface area contributed by atoms with Crippen LogP contribution in [0.1, 0.15) is 90.0 Å². The molecule has 0 heterocycles. The zero-order valence-corrected chi connectivity index (χ0v) is 19.8. The molecule has 0 radical (unpaired) electrons. The highest BCUT2D eigenvalue weighted by molar-refractivity contribution is 5.15. The number of benzene rings is 1. The standard InChI is InChI=1S/C29H44O2/c1-28-16-14-24(31)19-21(28)9-12-25-26-13-10-22(29(26,2)17-15-27(25)28)18-23(30)11-8-20-6-4-3-5-7-20/h3-7,21-27,30-31H,8-19H2,1-2H3/t21?,22?,23?,24?,25?,26?,27?,28-,29+/m0/s1. The molecule has 9 atom stereocenters. The van der Waals surface area contributed by atoms with Crippen molar-refractivity contribution in [2.45, 2.75) is 103 Å². The quantitative estimate of drug-likeness (QED) is 0.575. The van der Waals surface area contributed by atoms with Crippen molar-refractivity contribution in [3.05, 3.63) is 35.9 Å². The summed E-state index contributed by atoms with van der Waals surface area (Å²) in [6, 6.07) is 10.6. The molecule has 0 aliphatic heterocycles. The van der Waals surface area contributed by atoms with E-state index in [1.807, 2.05) is 0 Å². The second-order valence-electron chi connectivity index (χ2n) is 12.3. The highest BCUT2D eigenvalue weighted by Gasteiger charge is 2.60. The molecule has 2 nitrogen and oxygen atoms in total. The molecule has 2 N–H and O–H groups in total. The summed E-state index contributed by atoms with van der Waals surface area (Å²) in [4.78, 5) is 0. The monoisotopic (exact) mass is 424 g/mol. The van der Waals surface area contributed by atoms with Gasteiger partial charge in [-0.2, -0.15) is 0 Å². The van der Waals surface area contributed by atoms with Crippen molar-refractivity contribution in [1.29, 1.82) is 0 Å². The lowest BCUT2D eigenvalue weighted by atomic mass is 9.44. The third-order valence-electron chi connectivity index (χ3n) is 11.0. The Morgan fingerprint density at radius 1 is 0.903 bits per heavy atom. The van der Waals surface area contributed by atoms with Crippen LogP contribution in [-0.2, 0) is 6.42 Å². The van der Waals surface area contributed by atoms with Crippen LogP contribution in [0, 0.1) is 40.4 Å². The predicted molar refractivity (Wildman–Crippen MR) is 127 cm³/mol. The largest absolute Gasteiger partial charge is 0.393 e. The van der Waals surface area contributed by atoms with E-state index in [9.17, 15) is 10.2 Å². The lowest BCUT2D eigenvalue weighted by Gasteiger charge is -2.61. The Labute approximate surface area is 189 Å². The summed E-state index contributed by atoms with van der Waals surface area (Å²) in [5, 5.41) is 21.2. The van der Waals surface area contributed by atoms with E-state index in [-0.39, 0.29) is 12.2 Å². The van der Waals surface area contributed by atoms with Crippen molar-refractivity contribution in [3.8, 4) is 0 Å². The van der Waals surface area contributed by atoms with Crippen molar-refractivity contribution >= 4 is 0 Å². The van der Waals surface area contributed by atoms with E-state index in [0.29, 0.717) is 16.7 Å². The van der Waals surface area contributed by atoms with Crippen LogP contribution >= 0.6 is 0 Å². The molecule has 0 spiro atoms. The smallest absolute Gasteiger partial charge is 0.0546 e. The minimum absolute atomic E-state index is 0.0447. The summed E-state index contributed by atoms with van der Waals surface area (Å²) >= 11 is 0. The van der Waals surface area contributed by atoms with Gasteiger partial charge in [-0.1, -0.05) is 44.2 Å². The summed E-state index contributed by atoms with van der Waals surface area (Å²) in [6.07, 6.45) is 14.2. The zero-order valence-electron chi connectivity index (χ0n) is 19.8. The lowest BCUT2D eigenvalue weighted by Crippen LogP contribution is -2.54. The Balaban J connectivity index is 1.24. The Morgan fingerprint density at radius 3 is 2.45 bits per heavy atom. The highest BCUT2D eigenvalue weighted by Crippen LogP contribution is 2.67. The molecule has 4 aliphatic carbocycles. The topological polar surface area (TPSA) is 40.5 Å². The number of aliphatic hydroxyl groups excluding tert-OH is 2. The van der Waals surface area contributed by atoms with E-state index in [1.165, 1.54) is 50.5 Å². The molecule has 172 valence electrons. The van der Waals surface area contributed by atoms with Crippen molar-refractivity contribution in [2.75, 3.05) is 0 Å². The number of aliphatic hydroxyl groups is 2. The van der Waals surface area contributed by atoms with Gasteiger partial charge in [-0.05, 0) is 123 Å². The van der Waals surface area contributed by atoms with Gasteiger partial charge in [0.25, 0.3) is 0 Å². The maximum absolute atomic E-state index is 10.9. The normalized spacial score (nSPS) is 45.4. The van der Waals surface area contributed by atoms with Gasteiger partial charge in [-0.25, -0.2) is 0 Å². The average molecular weight is 425 g/mol. The lowest BCUT2D eigenvalue weighted by molar-refractivity contribution is -0.128. The summed E-state index contributed by atoms with van der Waals surface area (Å²) in [5.74, 6) is 4.07. The van der Waals surface area contributed by atoms with Gasteiger partial charge in [-0.3, -0.25) is 0 Å². The summed E-state index contributed by atoms with van der Waals surface area (Å²) in [6.45, 7) is 5.18. The molecule has 0 amide bonds. The minimum Gasteiger partial charge on any atom is -0.393 e. The molecular formula is C29H44O2. The highest BCUT2D eigenvalue weighted by atomic mass is 16.3. The molecule has 5 rings (SSSR count). The van der Waals surface area contributed by atoms with Crippen molar-refractivity contribution in [2.24, 2.45) is 40.4 Å². The first kappa shape index (κ1) is 22.0. The van der Waals surface area contributed by atoms with Crippen molar-refractivity contribution in [1.82, 2.24) is 0 Å². The van der Waals surface area contributed by atoms with E-state index in [0.717, 1.165) is 55.8 Å². The van der Waals surface area contributed by atoms with Gasteiger partial charge in [0.2, 0.25) is 0 Å². The van der Waals surface area contributed by atoms with Gasteiger partial charge < -0.3 is 10.2 Å². The molecule has 0 saturated heterocycles. The Bertz CT molecular complexity index is 746. The first-order valence-corrected chi connectivity index (χ1v) is 13.3. The van der Waals surface area contributed by atoms with Crippen LogP contribution in [0.4, 0.5) is 0 Å². The van der Waals surface area contributed by atoms with E-state index in [1.54, 1.807) is 0 Å². The zero-order chi connectivity index (χ0) is 21.6. The first-order chi connectivity index (χ1) is 14.9. The third kappa shape index (κ3) is 3.90. The molecule has 31 heavy (non-hydrogen) atoms. The van der Waals surface area contributed by atoms with Crippen LogP contribution in [0.2, 0.25) is 0 Å². The summed E-state index contributed by atoms with van der Waals surface area (Å²) in [7, 11) is 0. The van der Waals surface area contributed by atoms with Gasteiger partial charge >= 0.3 is 0 Å². The number of hydrogen-bond acceptors (Lipinski definition) is 2. The van der Waals surface area contributed by atoms with Gasteiger partial charge in [0, 0.05) is 0 Å². The predicted octanol–water partition coefficient (Wildman–Crippen LogP) is 6.39. The summed E-state index contributed by atoms with van der Waals surface area (Å²) < 4.78 is 0. The molecule has 4 fully saturated rings. The van der Waals surface area contributed by atoms with Gasteiger partial charge in [0.05, 0.1) is 12.2 Å². The van der Waals surface area contributed by atoms with Gasteiger partial charge in [0.1, 0.15) is 0 Å². The third-order valence-corrected chi connectivity index (χ3v) is 11.0. The average Bonchev–Trinajstić information content (AvgIpc) is 3.10. The molecule has 2 heteroatoms. The van der Waals surface area contributed by atoms with Crippen LogP contribution < -0.4 is 0 Å². The Kier molecular flexibility index (Phi) is 6.01. The molecule has 4 aliphatic rings. The molecule has 4 saturated carbocycles. The second-order valence-corrected chi connectivity index (χ2v) is 12.3. The van der Waals surface area contributed by atoms with Gasteiger partial charge in [-0.15, -0.1) is 0 Å². The number of hydrogen-bond donors (Lipinski definition) is 2. The van der Waals surface area contributed by atoms with Crippen LogP contribution in [0.15, 0.2) is 30.3 Å². The molecule has 0 bridgehead atoms. The Hall–Kier alpha value is -0.860. The fraction of sp³-hybridized carbons (Fsp3) is 0.793. The summed E-state index contributed by atoms with van der Waals surface area (Å²) in [5.41, 5.74) is 2.25. The maximum Gasteiger partial charge on any atom is 0.0546 e. The van der Waals surface area contributed by atoms with Gasteiger partial charge in [0.15, 0.2) is 0 Å². The van der Waals surface area contributed by atoms with Crippen molar-refractivity contribution < 1.29 is 10.2 Å². The number of fused-ring (bicyclic) bond motifs is 5. The second kappa shape index (κ2) is 8.49. The number of rotatable bonds is 5. The van der Waals surface area contributed by atoms with E-state index >= 15 is 0 Å². The molecule has 7 unspecified atom stereocenters. The molecule has 1 aromatic carbocycles. The van der Waals surface area contributed by atoms with E-state index < -0.39 is 0 Å². The Morgan fingerprint density at radius 2 is 1.65 bits per heavy atom. The minimum atomic E-state index is -0.161. The molecular weight excluding hydrogens is 380 g/mol. The number of aryl methyl sites for hydroxylation is 1. The molecule has 1 aromatic rings. The van der Waals surface area contributed by atoms with Crippen LogP contribution in [0.5, 0.6) is 0 Å². The SMILES string of the molecule is C[C@]12CCC(O)CC1CCC1C2CC[C@]2(C)C(CC(O)CCc3ccccc3)CCC12. The fourth-order valence-electron chi connectivity index (χ4n) is 9.16. The van der Waals surface area contributed by atoms with Crippen LogP contribution in [0.3, 0.4) is 0 Å². The van der Waals surface area contributed by atoms with Crippen LogP contribution in [-0.4, -0.2) is 22.4 Å². The molecule has 0 aromatic heterocycles. The fourth-order valence-corrected chi connectivity index (χ4v) is 9.16. The van der Waals surface area contributed by atoms with E-state index in [2.05, 4.69) is 44.2 Å².